The number of aromatic carboxylic acids is 1. The Kier molecular flexibility index (Phi) is 5.48. The maximum atomic E-state index is 12.6. The van der Waals surface area contributed by atoms with Crippen LogP contribution in [-0.4, -0.2) is 34.5 Å². The first-order valence-electron chi connectivity index (χ1n) is 8.28. The zero-order chi connectivity index (χ0) is 19.6. The highest BCUT2D eigenvalue weighted by molar-refractivity contribution is 6.32. The first kappa shape index (κ1) is 18.9. The smallest absolute Gasteiger partial charge is 0.341 e. The molecule has 2 aromatic carbocycles. The molecule has 27 heavy (non-hydrogen) atoms. The van der Waals surface area contributed by atoms with Gasteiger partial charge < -0.3 is 19.5 Å². The molecule has 0 spiro atoms. The molecule has 7 heteroatoms. The molecule has 6 nitrogen and oxygen atoms in total. The third-order valence-corrected chi connectivity index (χ3v) is 4.80. The second-order valence-corrected chi connectivity index (χ2v) is 6.43. The number of methoxy groups -OCH3 is 1. The third-order valence-electron chi connectivity index (χ3n) is 4.37. The van der Waals surface area contributed by atoms with E-state index in [0.717, 1.165) is 11.1 Å². The van der Waals surface area contributed by atoms with Crippen LogP contribution in [-0.2, 0) is 13.0 Å². The Morgan fingerprint density at radius 2 is 2.04 bits per heavy atom. The highest BCUT2D eigenvalue weighted by Gasteiger charge is 2.15. The predicted molar refractivity (Wildman–Crippen MR) is 103 cm³/mol. The van der Waals surface area contributed by atoms with E-state index in [9.17, 15) is 19.8 Å². The molecule has 0 aliphatic carbocycles. The minimum Gasteiger partial charge on any atom is -0.495 e. The van der Waals surface area contributed by atoms with Crippen molar-refractivity contribution in [3.05, 3.63) is 74.5 Å². The summed E-state index contributed by atoms with van der Waals surface area (Å²) in [5.41, 5.74) is 1.34. The van der Waals surface area contributed by atoms with E-state index < -0.39 is 11.4 Å². The monoisotopic (exact) mass is 387 g/mol. The van der Waals surface area contributed by atoms with E-state index >= 15 is 0 Å². The molecular weight excluding hydrogens is 370 g/mol. The van der Waals surface area contributed by atoms with E-state index in [1.165, 1.54) is 13.3 Å². The number of carbonyl (C=O) groups is 1. The number of nitrogens with zero attached hydrogens (tertiary/aromatic N) is 1. The van der Waals surface area contributed by atoms with Crippen LogP contribution in [0.4, 0.5) is 0 Å². The fourth-order valence-electron chi connectivity index (χ4n) is 3.07. The average Bonchev–Trinajstić information content (AvgIpc) is 2.65. The Labute approximate surface area is 160 Å². The summed E-state index contributed by atoms with van der Waals surface area (Å²) in [6, 6.07) is 10.7. The van der Waals surface area contributed by atoms with Gasteiger partial charge in [0.1, 0.15) is 11.3 Å². The molecule has 0 saturated heterocycles. The maximum absolute atomic E-state index is 12.6. The number of aromatic nitrogens is 1. The molecule has 0 bridgehead atoms. The fourth-order valence-corrected chi connectivity index (χ4v) is 3.34. The molecule has 140 valence electrons. The summed E-state index contributed by atoms with van der Waals surface area (Å²) >= 11 is 6.35. The molecule has 0 atom stereocenters. The van der Waals surface area contributed by atoms with Gasteiger partial charge in [-0.3, -0.25) is 4.79 Å². The summed E-state index contributed by atoms with van der Waals surface area (Å²) in [7, 11) is 1.54. The van der Waals surface area contributed by atoms with Gasteiger partial charge >= 0.3 is 5.97 Å². The second kappa shape index (κ2) is 7.82. The number of aliphatic hydroxyl groups excluding tert-OH is 1. The Morgan fingerprint density at radius 3 is 2.70 bits per heavy atom. The number of ether oxygens (including phenoxy) is 1. The largest absolute Gasteiger partial charge is 0.495 e. The van der Waals surface area contributed by atoms with Gasteiger partial charge in [-0.1, -0.05) is 29.8 Å². The van der Waals surface area contributed by atoms with Crippen molar-refractivity contribution in [1.82, 2.24) is 4.57 Å². The van der Waals surface area contributed by atoms with Crippen molar-refractivity contribution in [2.45, 2.75) is 13.0 Å². The van der Waals surface area contributed by atoms with Crippen molar-refractivity contribution in [1.29, 1.82) is 0 Å². The fraction of sp³-hybridized carbons (Fsp3) is 0.200. The van der Waals surface area contributed by atoms with Gasteiger partial charge in [-0.05, 0) is 35.7 Å². The minimum atomic E-state index is -1.30. The number of halogens is 1. The van der Waals surface area contributed by atoms with Gasteiger partial charge in [0.25, 0.3) is 0 Å². The Bertz CT molecular complexity index is 1070. The van der Waals surface area contributed by atoms with E-state index in [0.29, 0.717) is 28.1 Å². The van der Waals surface area contributed by atoms with Crippen LogP contribution in [0.5, 0.6) is 5.75 Å². The summed E-state index contributed by atoms with van der Waals surface area (Å²) in [6.45, 7) is 0.0241. The maximum Gasteiger partial charge on any atom is 0.341 e. The summed E-state index contributed by atoms with van der Waals surface area (Å²) in [4.78, 5) is 24.0. The quantitative estimate of drug-likeness (QED) is 0.678. The molecule has 1 heterocycles. The van der Waals surface area contributed by atoms with E-state index in [1.54, 1.807) is 22.8 Å². The third kappa shape index (κ3) is 3.67. The molecule has 0 radical (unpaired) electrons. The summed E-state index contributed by atoms with van der Waals surface area (Å²) < 4.78 is 6.80. The van der Waals surface area contributed by atoms with Crippen LogP contribution in [0.15, 0.2) is 47.4 Å². The number of aliphatic hydroxyl groups is 1. The number of benzene rings is 2. The van der Waals surface area contributed by atoms with Gasteiger partial charge in [-0.25, -0.2) is 4.79 Å². The first-order valence-corrected chi connectivity index (χ1v) is 8.65. The molecular formula is C20H18ClNO5. The number of fused-ring (bicyclic) bond motifs is 1. The first-order chi connectivity index (χ1) is 13.0. The number of hydrogen-bond acceptors (Lipinski definition) is 4. The van der Waals surface area contributed by atoms with E-state index in [2.05, 4.69) is 0 Å². The molecule has 3 rings (SSSR count). The number of carboxylic acids is 1. The van der Waals surface area contributed by atoms with Gasteiger partial charge in [0.15, 0.2) is 0 Å². The number of rotatable bonds is 6. The minimum absolute atomic E-state index is 0.168. The lowest BCUT2D eigenvalue weighted by Crippen LogP contribution is -2.19. The Balaban J connectivity index is 2.13. The number of carboxylic acid groups (broad SMARTS) is 1. The van der Waals surface area contributed by atoms with E-state index in [1.807, 2.05) is 18.2 Å². The molecule has 0 saturated carbocycles. The van der Waals surface area contributed by atoms with Crippen molar-refractivity contribution in [3.63, 3.8) is 0 Å². The lowest BCUT2D eigenvalue weighted by molar-refractivity contribution is 0.0694. The zero-order valence-corrected chi connectivity index (χ0v) is 15.4. The van der Waals surface area contributed by atoms with Gasteiger partial charge in [-0.15, -0.1) is 0 Å². The van der Waals surface area contributed by atoms with Crippen LogP contribution in [0.1, 0.15) is 21.5 Å². The van der Waals surface area contributed by atoms with Crippen molar-refractivity contribution >= 4 is 28.5 Å². The van der Waals surface area contributed by atoms with Gasteiger partial charge in [0, 0.05) is 18.1 Å². The van der Waals surface area contributed by atoms with Crippen molar-refractivity contribution < 1.29 is 19.7 Å². The standard InChI is InChI=1S/C20H18ClNO5/c1-27-17-4-2-3-13(18(17)21)9-12-5-6-16-14(10-12)19(24)15(20(25)26)11-22(16)7-8-23/h2-6,10-11,23H,7-9H2,1H3,(H,25,26). The van der Waals surface area contributed by atoms with Crippen LogP contribution in [0.3, 0.4) is 0 Å². The Hall–Kier alpha value is -2.83. The van der Waals surface area contributed by atoms with Gasteiger partial charge in [-0.2, -0.15) is 0 Å². The summed E-state index contributed by atoms with van der Waals surface area (Å²) in [5, 5.41) is 19.3. The van der Waals surface area contributed by atoms with Crippen molar-refractivity contribution in [2.24, 2.45) is 0 Å². The highest BCUT2D eigenvalue weighted by Crippen LogP contribution is 2.29. The highest BCUT2D eigenvalue weighted by atomic mass is 35.5. The van der Waals surface area contributed by atoms with Crippen molar-refractivity contribution in [2.75, 3.05) is 13.7 Å². The summed E-state index contributed by atoms with van der Waals surface area (Å²) in [6.07, 6.45) is 1.73. The second-order valence-electron chi connectivity index (χ2n) is 6.06. The molecule has 0 aliphatic heterocycles. The topological polar surface area (TPSA) is 88.8 Å². The number of pyridine rings is 1. The van der Waals surface area contributed by atoms with Crippen LogP contribution in [0.25, 0.3) is 10.9 Å². The van der Waals surface area contributed by atoms with Crippen LogP contribution in [0, 0.1) is 0 Å². The SMILES string of the molecule is COc1cccc(Cc2ccc3c(c2)c(=O)c(C(=O)O)cn3CCO)c1Cl. The van der Waals surface area contributed by atoms with E-state index in [-0.39, 0.29) is 18.7 Å². The molecule has 0 unspecified atom stereocenters. The van der Waals surface area contributed by atoms with E-state index in [4.69, 9.17) is 16.3 Å². The molecule has 0 amide bonds. The zero-order valence-electron chi connectivity index (χ0n) is 14.6. The average molecular weight is 388 g/mol. The summed E-state index contributed by atoms with van der Waals surface area (Å²) in [5.74, 6) is -0.733. The molecule has 0 fully saturated rings. The predicted octanol–water partition coefficient (Wildman–Crippen LogP) is 2.94. The normalized spacial score (nSPS) is 10.9. The molecule has 0 aliphatic rings. The van der Waals surface area contributed by atoms with Gasteiger partial charge in [0.05, 0.1) is 24.3 Å². The lowest BCUT2D eigenvalue weighted by atomic mass is 10.0. The van der Waals surface area contributed by atoms with Crippen LogP contribution >= 0.6 is 11.6 Å². The van der Waals surface area contributed by atoms with Crippen LogP contribution in [0.2, 0.25) is 5.02 Å². The van der Waals surface area contributed by atoms with Gasteiger partial charge in [0.2, 0.25) is 5.43 Å². The Morgan fingerprint density at radius 1 is 1.26 bits per heavy atom. The molecule has 1 aromatic heterocycles. The van der Waals surface area contributed by atoms with Crippen molar-refractivity contribution in [3.8, 4) is 5.75 Å². The molecule has 2 N–H and O–H groups in total. The molecule has 3 aromatic rings. The lowest BCUT2D eigenvalue weighted by Gasteiger charge is -2.13. The van der Waals surface area contributed by atoms with Crippen LogP contribution < -0.4 is 10.2 Å². The number of hydrogen-bond donors (Lipinski definition) is 2.